The third-order valence-electron chi connectivity index (χ3n) is 13.1. The van der Waals surface area contributed by atoms with Crippen molar-refractivity contribution in [2.24, 2.45) is 5.92 Å². The molecule has 5 aromatic rings. The highest BCUT2D eigenvalue weighted by atomic mass is 28.4. The van der Waals surface area contributed by atoms with Crippen molar-refractivity contribution in [1.29, 1.82) is 0 Å². The molecule has 0 spiro atoms. The Labute approximate surface area is 375 Å². The Hall–Kier alpha value is -5.39. The van der Waals surface area contributed by atoms with Crippen LogP contribution in [0.4, 0.5) is 20.2 Å². The van der Waals surface area contributed by atoms with Gasteiger partial charge in [0.2, 0.25) is 0 Å². The van der Waals surface area contributed by atoms with Crippen LogP contribution in [-0.2, 0) is 30.8 Å². The number of hydrogen-bond donors (Lipinski definition) is 0. The average molecular weight is 901 g/mol. The number of benzene rings is 3. The van der Waals surface area contributed by atoms with Gasteiger partial charge in [-0.25, -0.2) is 32.5 Å². The van der Waals surface area contributed by atoms with Crippen LogP contribution in [0.25, 0.3) is 5.69 Å². The van der Waals surface area contributed by atoms with Crippen LogP contribution in [0.15, 0.2) is 90.5 Å². The van der Waals surface area contributed by atoms with Crippen molar-refractivity contribution in [2.75, 3.05) is 55.8 Å². The summed E-state index contributed by atoms with van der Waals surface area (Å²) in [6, 6.07) is 19.1. The van der Waals surface area contributed by atoms with Gasteiger partial charge in [-0.1, -0.05) is 33.8 Å². The topological polar surface area (TPSA) is 131 Å². The van der Waals surface area contributed by atoms with Crippen molar-refractivity contribution >= 4 is 25.7 Å². The summed E-state index contributed by atoms with van der Waals surface area (Å²) in [5.41, 5.74) is 1.84. The molecule has 3 aromatic carbocycles. The van der Waals surface area contributed by atoms with Crippen LogP contribution in [0, 0.1) is 17.6 Å². The predicted molar refractivity (Wildman–Crippen MR) is 244 cm³/mol. The summed E-state index contributed by atoms with van der Waals surface area (Å²) in [7, 11) is -1.88. The first-order chi connectivity index (χ1) is 30.6. The van der Waals surface area contributed by atoms with Gasteiger partial charge in [0.25, 0.3) is 0 Å². The number of hydrogen-bond acceptors (Lipinski definition) is 11. The van der Waals surface area contributed by atoms with E-state index in [1.165, 1.54) is 34.0 Å². The van der Waals surface area contributed by atoms with Crippen LogP contribution in [0.2, 0.25) is 18.1 Å². The maximum atomic E-state index is 15.0. The first kappa shape index (κ1) is 46.6. The summed E-state index contributed by atoms with van der Waals surface area (Å²) in [5, 5.41) is 8.74. The Kier molecular flexibility index (Phi) is 14.4. The third kappa shape index (κ3) is 10.7. The Bertz CT molecular complexity index is 2360. The minimum absolute atomic E-state index is 0.0250. The van der Waals surface area contributed by atoms with Crippen molar-refractivity contribution < 1.29 is 32.2 Å². The number of anilines is 2. The number of nitrogens with zero attached hydrogens (tertiary/aromatic N) is 8. The highest BCUT2D eigenvalue weighted by molar-refractivity contribution is 6.74. The molecule has 2 saturated heterocycles. The van der Waals surface area contributed by atoms with Crippen molar-refractivity contribution in [1.82, 2.24) is 29.1 Å². The standard InChI is InChI=1S/C47H62F2N8O6Si/c1-8-43(34(2)63-44(58)10-9-25-62-64(6,7)46(3,4)5)57-45(59)56(33-52-57)39-14-12-37(13-15-39)53-21-23-54(24-22-53)38-16-18-40(19-17-38)60-28-35-27-47(61-29-35,30-55-32-50-31-51-55)41-20-11-36(48)26-42(41)49/h11-20,26,31-35,43H,8-10,21-25,27-30H2,1-7H3/t34-,35+,43-,47-/m0/s1. The monoisotopic (exact) mass is 900 g/mol. The van der Waals surface area contributed by atoms with Gasteiger partial charge >= 0.3 is 11.7 Å². The molecule has 17 heteroatoms. The van der Waals surface area contributed by atoms with Gasteiger partial charge in [0.15, 0.2) is 8.32 Å². The molecule has 0 amide bonds. The van der Waals surface area contributed by atoms with Crippen LogP contribution >= 0.6 is 0 Å². The molecule has 7 rings (SSSR count). The van der Waals surface area contributed by atoms with Crippen LogP contribution in [0.5, 0.6) is 5.75 Å². The molecule has 0 unspecified atom stereocenters. The summed E-state index contributed by atoms with van der Waals surface area (Å²) in [4.78, 5) is 35.0. The van der Waals surface area contributed by atoms with Crippen LogP contribution < -0.4 is 20.2 Å². The molecule has 0 radical (unpaired) electrons. The van der Waals surface area contributed by atoms with E-state index in [1.807, 2.05) is 50.2 Å². The van der Waals surface area contributed by atoms with Gasteiger partial charge in [-0.15, -0.1) is 0 Å². The number of esters is 1. The van der Waals surface area contributed by atoms with Crippen molar-refractivity contribution in [3.63, 3.8) is 0 Å². The number of rotatable bonds is 18. The van der Waals surface area contributed by atoms with Gasteiger partial charge in [-0.3, -0.25) is 4.79 Å². The van der Waals surface area contributed by atoms with Gasteiger partial charge < -0.3 is 28.4 Å². The van der Waals surface area contributed by atoms with E-state index in [0.717, 1.165) is 49.4 Å². The molecule has 0 aliphatic carbocycles. The molecule has 64 heavy (non-hydrogen) atoms. The van der Waals surface area contributed by atoms with Gasteiger partial charge in [-0.2, -0.15) is 10.2 Å². The molecule has 0 N–H and O–H groups in total. The van der Waals surface area contributed by atoms with Crippen molar-refractivity contribution in [3.8, 4) is 11.4 Å². The Morgan fingerprint density at radius 1 is 0.938 bits per heavy atom. The van der Waals surface area contributed by atoms with E-state index in [9.17, 15) is 14.0 Å². The zero-order valence-electron chi connectivity index (χ0n) is 38.1. The van der Waals surface area contributed by atoms with E-state index < -0.39 is 37.7 Å². The Morgan fingerprint density at radius 2 is 1.59 bits per heavy atom. The Balaban J connectivity index is 0.875. The molecule has 344 valence electrons. The number of carbonyl (C=O) groups is 1. The molecule has 14 nitrogen and oxygen atoms in total. The molecular formula is C47H62F2N8O6Si. The van der Waals surface area contributed by atoms with E-state index in [1.54, 1.807) is 11.0 Å². The summed E-state index contributed by atoms with van der Waals surface area (Å²) in [6.45, 7) is 19.5. The van der Waals surface area contributed by atoms with E-state index in [2.05, 4.69) is 71.0 Å². The van der Waals surface area contributed by atoms with Gasteiger partial charge in [0.05, 0.1) is 31.5 Å². The summed E-state index contributed by atoms with van der Waals surface area (Å²) >= 11 is 0. The molecule has 0 bridgehead atoms. The van der Waals surface area contributed by atoms with Crippen LogP contribution in [-0.4, -0.2) is 95.5 Å². The van der Waals surface area contributed by atoms with E-state index in [4.69, 9.17) is 18.6 Å². The fourth-order valence-electron chi connectivity index (χ4n) is 8.33. The molecule has 4 atom stereocenters. The molecule has 4 heterocycles. The lowest BCUT2D eigenvalue weighted by Crippen LogP contribution is -2.46. The average Bonchev–Trinajstić information content (AvgIpc) is 4.03. The van der Waals surface area contributed by atoms with Crippen LogP contribution in [0.3, 0.4) is 0 Å². The first-order valence-corrected chi connectivity index (χ1v) is 25.2. The summed E-state index contributed by atoms with van der Waals surface area (Å²) in [5.74, 6) is -0.900. The quantitative estimate of drug-likeness (QED) is 0.0483. The highest BCUT2D eigenvalue weighted by Gasteiger charge is 2.45. The number of piperazine rings is 1. The lowest BCUT2D eigenvalue weighted by molar-refractivity contribution is -0.150. The van der Waals surface area contributed by atoms with Gasteiger partial charge in [0.1, 0.15) is 48.1 Å². The molecular weight excluding hydrogens is 839 g/mol. The second kappa shape index (κ2) is 19.8. The van der Waals surface area contributed by atoms with Crippen molar-refractivity contribution in [3.05, 3.63) is 113 Å². The molecule has 2 aliphatic rings. The minimum atomic E-state index is -1.88. The largest absolute Gasteiger partial charge is 0.493 e. The molecule has 2 aliphatic heterocycles. The van der Waals surface area contributed by atoms with E-state index in [0.29, 0.717) is 44.8 Å². The smallest absolute Gasteiger partial charge is 0.350 e. The third-order valence-corrected chi connectivity index (χ3v) is 17.6. The predicted octanol–water partition coefficient (Wildman–Crippen LogP) is 7.93. The fourth-order valence-corrected chi connectivity index (χ4v) is 9.42. The lowest BCUT2D eigenvalue weighted by Gasteiger charge is -2.37. The number of ether oxygens (including phenoxy) is 3. The Morgan fingerprint density at radius 3 is 2.20 bits per heavy atom. The van der Waals surface area contributed by atoms with Crippen molar-refractivity contribution in [2.45, 2.75) is 103 Å². The first-order valence-electron chi connectivity index (χ1n) is 22.3. The molecule has 2 aromatic heterocycles. The number of halogens is 2. The maximum absolute atomic E-state index is 15.0. The molecule has 2 fully saturated rings. The minimum Gasteiger partial charge on any atom is -0.493 e. The summed E-state index contributed by atoms with van der Waals surface area (Å²) < 4.78 is 57.8. The van der Waals surface area contributed by atoms with Crippen LogP contribution in [0.1, 0.15) is 71.9 Å². The lowest BCUT2D eigenvalue weighted by atomic mass is 9.87. The van der Waals surface area contributed by atoms with E-state index in [-0.39, 0.29) is 41.1 Å². The number of carbonyl (C=O) groups excluding carboxylic acids is 1. The second-order valence-electron chi connectivity index (χ2n) is 18.5. The fraction of sp³-hybridized carbons (Fsp3) is 0.511. The highest BCUT2D eigenvalue weighted by Crippen LogP contribution is 2.42. The SMILES string of the molecule is CC[C@@H]([C@H](C)OC(=O)CCCO[Si](C)(C)C(C)(C)C)n1ncn(-c2ccc(N3CCN(c4ccc(OC[C@@H]5CO[C@@](Cn6cncn6)(c6ccc(F)cc6F)C5)cc4)CC3)cc2)c1=O. The van der Waals surface area contributed by atoms with Gasteiger partial charge in [0, 0.05) is 68.1 Å². The zero-order chi connectivity index (χ0) is 45.6. The number of aromatic nitrogens is 6. The zero-order valence-corrected chi connectivity index (χ0v) is 39.1. The van der Waals surface area contributed by atoms with Gasteiger partial charge in [-0.05, 0) is 98.9 Å². The van der Waals surface area contributed by atoms with E-state index >= 15 is 4.39 Å². The normalized spacial score (nSPS) is 19.2. The second-order valence-corrected chi connectivity index (χ2v) is 23.3. The maximum Gasteiger partial charge on any atom is 0.350 e. The molecule has 0 saturated carbocycles. The summed E-state index contributed by atoms with van der Waals surface area (Å²) in [6.07, 6.45) is 5.84.